The van der Waals surface area contributed by atoms with E-state index in [9.17, 15) is 45.4 Å². The van der Waals surface area contributed by atoms with Crippen LogP contribution in [0, 0.1) is 0 Å². The number of rotatable bonds is 7. The average Bonchev–Trinajstić information content (AvgIpc) is 2.63. The predicted octanol–water partition coefficient (Wildman–Crippen LogP) is 3.62. The minimum atomic E-state index is -6.53. The Morgan fingerprint density at radius 3 is 2.26 bits per heavy atom. The molecule has 0 spiro atoms. The van der Waals surface area contributed by atoms with Gasteiger partial charge in [0.05, 0.1) is 10.5 Å². The second kappa shape index (κ2) is 8.24. The fourth-order valence-corrected chi connectivity index (χ4v) is 2.36. The van der Waals surface area contributed by atoms with Gasteiger partial charge in [0.15, 0.2) is 12.3 Å². The Balaban J connectivity index is 2.32. The van der Waals surface area contributed by atoms with Crippen molar-refractivity contribution in [3.63, 3.8) is 0 Å². The molecule has 15 heteroatoms. The minimum Gasteiger partial charge on any atom is -0.505 e. The van der Waals surface area contributed by atoms with Gasteiger partial charge in [-0.15, -0.1) is 0 Å². The van der Waals surface area contributed by atoms with Crippen LogP contribution in [0.1, 0.15) is 10.5 Å². The van der Waals surface area contributed by atoms with Crippen LogP contribution < -0.4 is 10.1 Å². The lowest BCUT2D eigenvalue weighted by atomic mass is 10.1. The van der Waals surface area contributed by atoms with E-state index in [1.807, 2.05) is 5.32 Å². The van der Waals surface area contributed by atoms with Gasteiger partial charge in [0, 0.05) is 5.39 Å². The molecule has 170 valence electrons. The van der Waals surface area contributed by atoms with Crippen LogP contribution in [-0.2, 0) is 4.79 Å². The molecule has 31 heavy (non-hydrogen) atoms. The first-order valence-corrected chi connectivity index (χ1v) is 8.23. The molecule has 1 amide bonds. The zero-order chi connectivity index (χ0) is 23.8. The number of carboxylic acids is 1. The zero-order valence-corrected chi connectivity index (χ0v) is 15.5. The third-order valence-electron chi connectivity index (χ3n) is 3.69. The molecule has 0 unspecified atom stereocenters. The molecule has 0 aliphatic rings. The summed E-state index contributed by atoms with van der Waals surface area (Å²) in [6.07, 6.45) is -6.53. The van der Waals surface area contributed by atoms with Crippen LogP contribution in [0.4, 0.5) is 30.7 Å². The van der Waals surface area contributed by atoms with Crippen molar-refractivity contribution >= 4 is 34.4 Å². The number of ether oxygens (including phenoxy) is 1. The molecular formula is C16H10ClF7N2O5. The molecule has 0 fully saturated rings. The number of hydrogen-bond acceptors (Lipinski definition) is 5. The van der Waals surface area contributed by atoms with Gasteiger partial charge < -0.3 is 20.3 Å². The molecule has 7 nitrogen and oxygen atoms in total. The highest BCUT2D eigenvalue weighted by molar-refractivity contribution is 6.32. The summed E-state index contributed by atoms with van der Waals surface area (Å²) in [5, 5.41) is 19.7. The average molecular weight is 479 g/mol. The lowest BCUT2D eigenvalue weighted by Crippen LogP contribution is -2.54. The van der Waals surface area contributed by atoms with Crippen LogP contribution >= 0.6 is 11.6 Å². The Hall–Kier alpha value is -3.03. The third-order valence-corrected chi connectivity index (χ3v) is 3.98. The van der Waals surface area contributed by atoms with E-state index in [-0.39, 0.29) is 10.9 Å². The van der Waals surface area contributed by atoms with E-state index >= 15 is 0 Å². The first-order valence-electron chi connectivity index (χ1n) is 7.85. The van der Waals surface area contributed by atoms with Gasteiger partial charge in [-0.1, -0.05) is 11.6 Å². The summed E-state index contributed by atoms with van der Waals surface area (Å²) in [4.78, 5) is 26.0. The summed E-state index contributed by atoms with van der Waals surface area (Å²) in [5.74, 6) is -16.0. The molecule has 0 atom stereocenters. The zero-order valence-electron chi connectivity index (χ0n) is 14.7. The maximum atomic E-state index is 13.4. The summed E-state index contributed by atoms with van der Waals surface area (Å²) in [6.45, 7) is -3.16. The third kappa shape index (κ3) is 5.00. The van der Waals surface area contributed by atoms with E-state index in [1.165, 1.54) is 0 Å². The lowest BCUT2D eigenvalue weighted by Gasteiger charge is -2.28. The number of halogens is 8. The number of aromatic nitrogens is 1. The number of benzene rings is 1. The Morgan fingerprint density at radius 2 is 1.71 bits per heavy atom. The largest absolute Gasteiger partial charge is 0.505 e. The molecule has 1 heterocycles. The highest BCUT2D eigenvalue weighted by atomic mass is 35.5. The number of alkyl halides is 7. The number of fused-ring (bicyclic) bond motifs is 1. The molecule has 1 aromatic carbocycles. The first kappa shape index (κ1) is 24.2. The van der Waals surface area contributed by atoms with E-state index in [0.717, 1.165) is 18.2 Å². The standard InChI is InChI=1S/C16H10ClF7N2O5/c17-7-3-8-6(1-9(27)12(26-8)13(30)25-4-11(28)29)2-10(7)31-5-14(18,19)15(20,21)16(22,23)24/h1-3,27H,4-5H2,(H,25,30)(H,28,29). The van der Waals surface area contributed by atoms with Gasteiger partial charge in [0.25, 0.3) is 5.91 Å². The van der Waals surface area contributed by atoms with Crippen molar-refractivity contribution in [1.82, 2.24) is 10.3 Å². The van der Waals surface area contributed by atoms with E-state index in [4.69, 9.17) is 16.7 Å². The maximum Gasteiger partial charge on any atom is 0.460 e. The quantitative estimate of drug-likeness (QED) is 0.525. The molecule has 0 radical (unpaired) electrons. The van der Waals surface area contributed by atoms with Crippen molar-refractivity contribution in [1.29, 1.82) is 0 Å². The fraction of sp³-hybridized carbons (Fsp3) is 0.312. The molecule has 0 aliphatic carbocycles. The number of aliphatic carboxylic acids is 1. The Bertz CT molecular complexity index is 1030. The van der Waals surface area contributed by atoms with Crippen molar-refractivity contribution in [2.75, 3.05) is 13.2 Å². The minimum absolute atomic E-state index is 0.113. The number of nitrogens with one attached hydrogen (secondary N) is 1. The summed E-state index contributed by atoms with van der Waals surface area (Å²) >= 11 is 5.75. The SMILES string of the molecule is O=C(O)CNC(=O)c1nc2cc(Cl)c(OCC(F)(F)C(F)(F)C(F)(F)F)cc2cc1O. The van der Waals surface area contributed by atoms with Gasteiger partial charge >= 0.3 is 24.0 Å². The number of carboxylic acid groups (broad SMARTS) is 1. The molecular weight excluding hydrogens is 469 g/mol. The number of carbonyl (C=O) groups excluding carboxylic acids is 1. The number of amides is 1. The normalized spacial score (nSPS) is 12.6. The van der Waals surface area contributed by atoms with Gasteiger partial charge in [0.2, 0.25) is 0 Å². The van der Waals surface area contributed by atoms with Gasteiger partial charge in [-0.2, -0.15) is 30.7 Å². The summed E-state index contributed by atoms with van der Waals surface area (Å²) < 4.78 is 93.6. The summed E-state index contributed by atoms with van der Waals surface area (Å²) in [5.41, 5.74) is -0.752. The van der Waals surface area contributed by atoms with Crippen molar-refractivity contribution in [2.24, 2.45) is 0 Å². The summed E-state index contributed by atoms with van der Waals surface area (Å²) in [7, 11) is 0. The molecule has 0 aliphatic heterocycles. The number of carbonyl (C=O) groups is 2. The van der Waals surface area contributed by atoms with Gasteiger partial charge in [0.1, 0.15) is 18.0 Å². The summed E-state index contributed by atoms with van der Waals surface area (Å²) in [6, 6.07) is 2.58. The number of pyridine rings is 1. The van der Waals surface area contributed by atoms with E-state index in [0.29, 0.717) is 0 Å². The number of aromatic hydroxyl groups is 1. The molecule has 0 bridgehead atoms. The van der Waals surface area contributed by atoms with Gasteiger partial charge in [-0.3, -0.25) is 9.59 Å². The molecule has 2 rings (SSSR count). The second-order valence-electron chi connectivity index (χ2n) is 5.97. The maximum absolute atomic E-state index is 13.4. The highest BCUT2D eigenvalue weighted by Gasteiger charge is 2.73. The van der Waals surface area contributed by atoms with E-state index in [1.54, 1.807) is 0 Å². The molecule has 2 aromatic rings. The number of hydrogen-bond donors (Lipinski definition) is 3. The first-order chi connectivity index (χ1) is 14.1. The number of nitrogens with zero attached hydrogens (tertiary/aromatic N) is 1. The van der Waals surface area contributed by atoms with Gasteiger partial charge in [-0.25, -0.2) is 4.98 Å². The fourth-order valence-electron chi connectivity index (χ4n) is 2.15. The molecule has 0 saturated carbocycles. The van der Waals surface area contributed by atoms with E-state index < -0.39 is 65.3 Å². The Kier molecular flexibility index (Phi) is 6.45. The predicted molar refractivity (Wildman–Crippen MR) is 89.8 cm³/mol. The van der Waals surface area contributed by atoms with Crippen LogP contribution in [-0.4, -0.2) is 58.2 Å². The highest BCUT2D eigenvalue weighted by Crippen LogP contribution is 2.47. The van der Waals surface area contributed by atoms with Crippen LogP contribution in [0.15, 0.2) is 18.2 Å². The van der Waals surface area contributed by atoms with Crippen LogP contribution in [0.5, 0.6) is 11.5 Å². The van der Waals surface area contributed by atoms with Gasteiger partial charge in [-0.05, 0) is 18.2 Å². The monoisotopic (exact) mass is 478 g/mol. The van der Waals surface area contributed by atoms with E-state index in [2.05, 4.69) is 9.72 Å². The van der Waals surface area contributed by atoms with Crippen LogP contribution in [0.2, 0.25) is 5.02 Å². The van der Waals surface area contributed by atoms with Crippen molar-refractivity contribution in [3.8, 4) is 11.5 Å². The molecule has 3 N–H and O–H groups in total. The molecule has 1 aromatic heterocycles. The van der Waals surface area contributed by atoms with Crippen molar-refractivity contribution < 1.29 is 55.3 Å². The lowest BCUT2D eigenvalue weighted by molar-refractivity contribution is -0.358. The second-order valence-corrected chi connectivity index (χ2v) is 6.38. The van der Waals surface area contributed by atoms with Crippen molar-refractivity contribution in [2.45, 2.75) is 18.0 Å². The Labute approximate surface area is 172 Å². The van der Waals surface area contributed by atoms with Crippen molar-refractivity contribution in [3.05, 3.63) is 28.9 Å². The van der Waals surface area contributed by atoms with Crippen LogP contribution in [0.25, 0.3) is 10.9 Å². The Morgan fingerprint density at radius 1 is 1.10 bits per heavy atom. The molecule has 0 saturated heterocycles. The smallest absolute Gasteiger partial charge is 0.460 e. The topological polar surface area (TPSA) is 109 Å². The van der Waals surface area contributed by atoms with Crippen LogP contribution in [0.3, 0.4) is 0 Å².